The lowest BCUT2D eigenvalue weighted by Gasteiger charge is -2.13. The van der Waals surface area contributed by atoms with E-state index in [9.17, 15) is 4.79 Å². The fraction of sp³-hybridized carbons (Fsp3) is 0.357. The summed E-state index contributed by atoms with van der Waals surface area (Å²) >= 11 is 0. The molecule has 0 aliphatic heterocycles. The summed E-state index contributed by atoms with van der Waals surface area (Å²) in [4.78, 5) is 16.6. The molecule has 0 spiro atoms. The Bertz CT molecular complexity index is 570. The molecule has 1 heterocycles. The molecule has 0 N–H and O–H groups in total. The summed E-state index contributed by atoms with van der Waals surface area (Å²) < 4.78 is 1.67. The van der Waals surface area contributed by atoms with Crippen LogP contribution in [0.15, 0.2) is 36.7 Å². The molecule has 1 fully saturated rings. The highest BCUT2D eigenvalue weighted by molar-refractivity contribution is 5.94. The van der Waals surface area contributed by atoms with Crippen LogP contribution < -0.4 is 0 Å². The molecule has 0 radical (unpaired) electrons. The van der Waals surface area contributed by atoms with Crippen LogP contribution >= 0.6 is 0 Å². The lowest BCUT2D eigenvalue weighted by molar-refractivity contribution is -0.121. The van der Waals surface area contributed by atoms with Crippen molar-refractivity contribution in [2.45, 2.75) is 24.7 Å². The van der Waals surface area contributed by atoms with E-state index in [-0.39, 0.29) is 11.2 Å². The van der Waals surface area contributed by atoms with Gasteiger partial charge in [-0.1, -0.05) is 30.3 Å². The van der Waals surface area contributed by atoms with Gasteiger partial charge in [0.2, 0.25) is 0 Å². The van der Waals surface area contributed by atoms with Crippen molar-refractivity contribution in [3.05, 3.63) is 48.0 Å². The van der Waals surface area contributed by atoms with E-state index in [1.807, 2.05) is 37.4 Å². The van der Waals surface area contributed by atoms with E-state index in [0.29, 0.717) is 6.42 Å². The van der Waals surface area contributed by atoms with E-state index < -0.39 is 0 Å². The van der Waals surface area contributed by atoms with Gasteiger partial charge in [-0.05, 0) is 18.4 Å². The Balaban J connectivity index is 1.83. The lowest BCUT2D eigenvalue weighted by atomic mass is 9.89. The number of nitrogens with zero attached hydrogens (tertiary/aromatic N) is 3. The number of aryl methyl sites for hydroxylation is 1. The first kappa shape index (κ1) is 11.1. The minimum Gasteiger partial charge on any atom is -0.298 e. The van der Waals surface area contributed by atoms with E-state index in [1.54, 1.807) is 4.68 Å². The van der Waals surface area contributed by atoms with Gasteiger partial charge in [0.25, 0.3) is 0 Å². The highest BCUT2D eigenvalue weighted by Crippen LogP contribution is 2.49. The van der Waals surface area contributed by atoms with Crippen LogP contribution in [0.4, 0.5) is 0 Å². The number of hydrogen-bond donors (Lipinski definition) is 0. The standard InChI is InChI=1S/C14H15N3O/c1-17-13(15-10-16-17)9-12(18)14(7-8-14)11-5-3-2-4-6-11/h2-6,10H,7-9H2,1H3. The van der Waals surface area contributed by atoms with Crippen molar-refractivity contribution in [2.75, 3.05) is 0 Å². The second-order valence-corrected chi connectivity index (χ2v) is 4.85. The molecule has 4 nitrogen and oxygen atoms in total. The monoisotopic (exact) mass is 241 g/mol. The predicted molar refractivity (Wildman–Crippen MR) is 67.1 cm³/mol. The van der Waals surface area contributed by atoms with Crippen molar-refractivity contribution in [1.29, 1.82) is 0 Å². The number of carbonyl (C=O) groups is 1. The summed E-state index contributed by atoms with van der Waals surface area (Å²) in [5, 5.41) is 4.00. The minimum absolute atomic E-state index is 0.254. The zero-order valence-corrected chi connectivity index (χ0v) is 10.3. The SMILES string of the molecule is Cn1ncnc1CC(=O)C1(c2ccccc2)CC1. The molecule has 0 bridgehead atoms. The molecule has 0 unspecified atom stereocenters. The Morgan fingerprint density at radius 2 is 2.06 bits per heavy atom. The lowest BCUT2D eigenvalue weighted by Crippen LogP contribution is -2.23. The van der Waals surface area contributed by atoms with Gasteiger partial charge in [-0.2, -0.15) is 5.10 Å². The third kappa shape index (κ3) is 1.74. The fourth-order valence-corrected chi connectivity index (χ4v) is 2.40. The molecule has 0 amide bonds. The number of ketones is 1. The molecule has 0 saturated heterocycles. The first-order valence-corrected chi connectivity index (χ1v) is 6.14. The molecule has 2 aromatic rings. The van der Waals surface area contributed by atoms with Crippen molar-refractivity contribution in [3.63, 3.8) is 0 Å². The number of Topliss-reactive ketones (excluding diaryl/α,β-unsaturated/α-hetero) is 1. The topological polar surface area (TPSA) is 47.8 Å². The molecule has 1 aliphatic carbocycles. The summed E-state index contributed by atoms with van der Waals surface area (Å²) in [5.74, 6) is 0.993. The van der Waals surface area contributed by atoms with Crippen LogP contribution in [0.1, 0.15) is 24.2 Å². The van der Waals surface area contributed by atoms with Crippen LogP contribution in [0, 0.1) is 0 Å². The maximum absolute atomic E-state index is 12.5. The van der Waals surface area contributed by atoms with E-state index in [2.05, 4.69) is 10.1 Å². The number of carbonyl (C=O) groups excluding carboxylic acids is 1. The van der Waals surface area contributed by atoms with E-state index in [0.717, 1.165) is 24.2 Å². The summed E-state index contributed by atoms with van der Waals surface area (Å²) in [6.45, 7) is 0. The molecule has 18 heavy (non-hydrogen) atoms. The minimum atomic E-state index is -0.257. The zero-order chi connectivity index (χ0) is 12.6. The normalized spacial score (nSPS) is 16.5. The van der Waals surface area contributed by atoms with Crippen molar-refractivity contribution >= 4 is 5.78 Å². The third-order valence-electron chi connectivity index (χ3n) is 3.73. The zero-order valence-electron chi connectivity index (χ0n) is 10.3. The average Bonchev–Trinajstić information content (AvgIpc) is 3.12. The summed E-state index contributed by atoms with van der Waals surface area (Å²) in [7, 11) is 1.82. The van der Waals surface area contributed by atoms with Gasteiger partial charge < -0.3 is 0 Å². The first-order valence-electron chi connectivity index (χ1n) is 6.14. The van der Waals surface area contributed by atoms with Crippen LogP contribution in [0.25, 0.3) is 0 Å². The van der Waals surface area contributed by atoms with Crippen molar-refractivity contribution in [2.24, 2.45) is 7.05 Å². The van der Waals surface area contributed by atoms with Crippen LogP contribution in [-0.2, 0) is 23.7 Å². The average molecular weight is 241 g/mol. The molecule has 92 valence electrons. The Labute approximate surface area is 106 Å². The molecular formula is C14H15N3O. The highest BCUT2D eigenvalue weighted by atomic mass is 16.1. The van der Waals surface area contributed by atoms with Gasteiger partial charge in [-0.25, -0.2) is 4.98 Å². The van der Waals surface area contributed by atoms with Gasteiger partial charge >= 0.3 is 0 Å². The smallest absolute Gasteiger partial charge is 0.150 e. The van der Waals surface area contributed by atoms with Crippen LogP contribution in [0.3, 0.4) is 0 Å². The second-order valence-electron chi connectivity index (χ2n) is 4.85. The summed E-state index contributed by atoms with van der Waals surface area (Å²) in [6.07, 6.45) is 3.76. The number of hydrogen-bond acceptors (Lipinski definition) is 3. The molecular weight excluding hydrogens is 226 g/mol. The molecule has 1 saturated carbocycles. The van der Waals surface area contributed by atoms with Gasteiger partial charge in [0.15, 0.2) is 5.78 Å². The first-order chi connectivity index (χ1) is 8.72. The van der Waals surface area contributed by atoms with Gasteiger partial charge in [0.1, 0.15) is 12.2 Å². The van der Waals surface area contributed by atoms with Crippen LogP contribution in [0.2, 0.25) is 0 Å². The Kier molecular flexibility index (Phi) is 2.51. The quantitative estimate of drug-likeness (QED) is 0.818. The maximum atomic E-state index is 12.5. The molecule has 1 aromatic heterocycles. The number of rotatable bonds is 4. The van der Waals surface area contributed by atoms with E-state index in [4.69, 9.17) is 0 Å². The molecule has 3 rings (SSSR count). The van der Waals surface area contributed by atoms with Crippen molar-refractivity contribution in [1.82, 2.24) is 14.8 Å². The fourth-order valence-electron chi connectivity index (χ4n) is 2.40. The predicted octanol–water partition coefficient (Wildman–Crippen LogP) is 1.66. The number of benzene rings is 1. The van der Waals surface area contributed by atoms with E-state index >= 15 is 0 Å². The van der Waals surface area contributed by atoms with E-state index in [1.165, 1.54) is 6.33 Å². The maximum Gasteiger partial charge on any atom is 0.150 e. The van der Waals surface area contributed by atoms with Gasteiger partial charge in [-0.3, -0.25) is 9.48 Å². The molecule has 1 aromatic carbocycles. The van der Waals surface area contributed by atoms with Crippen LogP contribution in [0.5, 0.6) is 0 Å². The van der Waals surface area contributed by atoms with Crippen molar-refractivity contribution < 1.29 is 4.79 Å². The van der Waals surface area contributed by atoms with Gasteiger partial charge in [-0.15, -0.1) is 0 Å². The largest absolute Gasteiger partial charge is 0.298 e. The number of aromatic nitrogens is 3. The van der Waals surface area contributed by atoms with Crippen LogP contribution in [-0.4, -0.2) is 20.5 Å². The molecule has 1 aliphatic rings. The molecule has 4 heteroatoms. The second kappa shape index (κ2) is 4.05. The van der Waals surface area contributed by atoms with Gasteiger partial charge in [0.05, 0.1) is 11.8 Å². The highest BCUT2D eigenvalue weighted by Gasteiger charge is 2.50. The summed E-state index contributed by atoms with van der Waals surface area (Å²) in [6, 6.07) is 10.0. The van der Waals surface area contributed by atoms with Gasteiger partial charge in [0, 0.05) is 7.05 Å². The molecule has 0 atom stereocenters. The summed E-state index contributed by atoms with van der Waals surface area (Å²) in [5.41, 5.74) is 0.880. The Morgan fingerprint density at radius 1 is 1.33 bits per heavy atom. The Hall–Kier alpha value is -1.97. The Morgan fingerprint density at radius 3 is 2.61 bits per heavy atom. The third-order valence-corrected chi connectivity index (χ3v) is 3.73. The van der Waals surface area contributed by atoms with Crippen molar-refractivity contribution in [3.8, 4) is 0 Å².